The van der Waals surface area contributed by atoms with E-state index in [1.165, 1.54) is 58.5 Å². The maximum atomic E-state index is 2.60. The molecule has 0 fully saturated rings. The molecular formula is C18H28I2. The summed E-state index contributed by atoms with van der Waals surface area (Å²) < 4.78 is 3.08. The van der Waals surface area contributed by atoms with Gasteiger partial charge in [0.05, 0.1) is 0 Å². The Morgan fingerprint density at radius 2 is 0.750 bits per heavy atom. The molecule has 0 nitrogen and oxygen atoms in total. The van der Waals surface area contributed by atoms with Crippen LogP contribution >= 0.6 is 45.2 Å². The van der Waals surface area contributed by atoms with Crippen LogP contribution in [0.25, 0.3) is 0 Å². The largest absolute Gasteiger partial charge is 0.0651 e. The van der Waals surface area contributed by atoms with Gasteiger partial charge in [0.25, 0.3) is 0 Å². The van der Waals surface area contributed by atoms with Gasteiger partial charge in [0.2, 0.25) is 0 Å². The molecule has 0 atom stereocenters. The van der Waals surface area contributed by atoms with Crippen molar-refractivity contribution in [1.82, 2.24) is 0 Å². The molecule has 0 radical (unpaired) electrons. The van der Waals surface area contributed by atoms with E-state index in [1.54, 1.807) is 22.3 Å². The molecule has 1 rings (SSSR count). The molecule has 0 amide bonds. The first kappa shape index (κ1) is 18.7. The fraction of sp³-hybridized carbons (Fsp3) is 0.667. The molecule has 114 valence electrons. The summed E-state index contributed by atoms with van der Waals surface area (Å²) in [5.41, 5.74) is 6.71. The van der Waals surface area contributed by atoms with Gasteiger partial charge in [-0.3, -0.25) is 0 Å². The summed E-state index contributed by atoms with van der Waals surface area (Å²) in [4.78, 5) is 0. The Kier molecular flexibility index (Phi) is 9.03. The highest BCUT2D eigenvalue weighted by Gasteiger charge is 2.19. The van der Waals surface area contributed by atoms with E-state index in [2.05, 4.69) is 72.9 Å². The van der Waals surface area contributed by atoms with E-state index in [-0.39, 0.29) is 0 Å². The lowest BCUT2D eigenvalue weighted by Gasteiger charge is -2.22. The smallest absolute Gasteiger partial charge is 0.0301 e. The average Bonchev–Trinajstić information content (AvgIpc) is 2.44. The van der Waals surface area contributed by atoms with Gasteiger partial charge in [0.15, 0.2) is 0 Å². The van der Waals surface area contributed by atoms with E-state index in [1.807, 2.05) is 0 Å². The Morgan fingerprint density at radius 1 is 0.500 bits per heavy atom. The summed E-state index contributed by atoms with van der Waals surface area (Å²) in [6.07, 6.45) is 10.0. The zero-order valence-corrected chi connectivity index (χ0v) is 17.7. The second-order valence-electron chi connectivity index (χ2n) is 5.54. The van der Waals surface area contributed by atoms with Crippen molar-refractivity contribution in [2.24, 2.45) is 0 Å². The molecule has 20 heavy (non-hydrogen) atoms. The van der Waals surface area contributed by atoms with Gasteiger partial charge in [-0.05, 0) is 93.1 Å². The standard InChI is InChI=1S/C18H28I2/c1-5-9-13-14(10-6-2)16(12-8-4)18(20)17(19)15(13)11-7-3/h5-12H2,1-4H3. The number of halogens is 2. The van der Waals surface area contributed by atoms with E-state index in [0.717, 1.165) is 0 Å². The number of hydrogen-bond donors (Lipinski definition) is 0. The van der Waals surface area contributed by atoms with Gasteiger partial charge in [-0.1, -0.05) is 53.4 Å². The van der Waals surface area contributed by atoms with E-state index < -0.39 is 0 Å². The lowest BCUT2D eigenvalue weighted by Crippen LogP contribution is -2.10. The van der Waals surface area contributed by atoms with Gasteiger partial charge in [-0.2, -0.15) is 0 Å². The molecular weight excluding hydrogens is 470 g/mol. The molecule has 0 aromatic heterocycles. The second kappa shape index (κ2) is 9.65. The predicted octanol–water partition coefficient (Wildman–Crippen LogP) is 6.71. The molecule has 0 aliphatic heterocycles. The number of rotatable bonds is 8. The van der Waals surface area contributed by atoms with Gasteiger partial charge in [0.1, 0.15) is 0 Å². The molecule has 2 heteroatoms. The van der Waals surface area contributed by atoms with Crippen LogP contribution in [-0.2, 0) is 25.7 Å². The molecule has 1 aromatic rings. The van der Waals surface area contributed by atoms with Gasteiger partial charge >= 0.3 is 0 Å². The third kappa shape index (κ3) is 4.34. The van der Waals surface area contributed by atoms with Crippen molar-refractivity contribution in [3.8, 4) is 0 Å². The minimum Gasteiger partial charge on any atom is -0.0651 e. The number of hydrogen-bond acceptors (Lipinski definition) is 0. The zero-order valence-electron chi connectivity index (χ0n) is 13.4. The summed E-state index contributed by atoms with van der Waals surface area (Å²) in [6, 6.07) is 0. The summed E-state index contributed by atoms with van der Waals surface area (Å²) >= 11 is 5.19. The molecule has 0 spiro atoms. The van der Waals surface area contributed by atoms with Crippen LogP contribution in [0.4, 0.5) is 0 Å². The monoisotopic (exact) mass is 498 g/mol. The van der Waals surface area contributed by atoms with Crippen molar-refractivity contribution >= 4 is 45.2 Å². The Morgan fingerprint density at radius 3 is 1.00 bits per heavy atom. The maximum absolute atomic E-state index is 2.60. The Hall–Kier alpha value is 0.680. The lowest BCUT2D eigenvalue weighted by atomic mass is 9.87. The zero-order chi connectivity index (χ0) is 15.1. The quantitative estimate of drug-likeness (QED) is 0.350. The van der Waals surface area contributed by atoms with E-state index in [4.69, 9.17) is 0 Å². The van der Waals surface area contributed by atoms with Crippen molar-refractivity contribution in [3.05, 3.63) is 29.4 Å². The van der Waals surface area contributed by atoms with E-state index in [0.29, 0.717) is 0 Å². The third-order valence-corrected chi connectivity index (χ3v) is 7.23. The van der Waals surface area contributed by atoms with Gasteiger partial charge in [0, 0.05) is 7.14 Å². The Balaban J connectivity index is 3.53. The van der Waals surface area contributed by atoms with Crippen molar-refractivity contribution in [2.75, 3.05) is 0 Å². The second-order valence-corrected chi connectivity index (χ2v) is 7.70. The fourth-order valence-corrected chi connectivity index (χ4v) is 4.86. The van der Waals surface area contributed by atoms with Crippen molar-refractivity contribution in [2.45, 2.75) is 79.1 Å². The molecule has 0 aliphatic rings. The SMILES string of the molecule is CCCc1c(I)c(I)c(CCC)c(CCC)c1CCC. The van der Waals surface area contributed by atoms with Gasteiger partial charge in [-0.25, -0.2) is 0 Å². The molecule has 0 saturated heterocycles. The van der Waals surface area contributed by atoms with Crippen LogP contribution in [0.1, 0.15) is 75.6 Å². The predicted molar refractivity (Wildman–Crippen MR) is 108 cm³/mol. The first-order valence-corrected chi connectivity index (χ1v) is 10.3. The molecule has 1 aromatic carbocycles. The van der Waals surface area contributed by atoms with Crippen molar-refractivity contribution < 1.29 is 0 Å². The van der Waals surface area contributed by atoms with Crippen LogP contribution in [0.15, 0.2) is 0 Å². The average molecular weight is 498 g/mol. The summed E-state index contributed by atoms with van der Waals surface area (Å²) in [5, 5.41) is 0. The maximum Gasteiger partial charge on any atom is 0.0301 e. The third-order valence-electron chi connectivity index (χ3n) is 3.82. The molecule has 0 bridgehead atoms. The number of benzene rings is 1. The molecule has 0 N–H and O–H groups in total. The van der Waals surface area contributed by atoms with E-state index >= 15 is 0 Å². The normalized spacial score (nSPS) is 11.1. The first-order valence-electron chi connectivity index (χ1n) is 8.12. The van der Waals surface area contributed by atoms with Crippen molar-refractivity contribution in [3.63, 3.8) is 0 Å². The lowest BCUT2D eigenvalue weighted by molar-refractivity contribution is 0.794. The summed E-state index contributed by atoms with van der Waals surface area (Å²) in [6.45, 7) is 9.24. The molecule has 0 aliphatic carbocycles. The first-order chi connectivity index (χ1) is 9.62. The van der Waals surface area contributed by atoms with Crippen LogP contribution in [0, 0.1) is 7.14 Å². The van der Waals surface area contributed by atoms with Crippen molar-refractivity contribution in [1.29, 1.82) is 0 Å². The van der Waals surface area contributed by atoms with Gasteiger partial charge in [-0.15, -0.1) is 0 Å². The molecule has 0 heterocycles. The molecule has 0 unspecified atom stereocenters. The Bertz CT molecular complexity index is 395. The molecule has 0 saturated carbocycles. The summed E-state index contributed by atoms with van der Waals surface area (Å²) in [7, 11) is 0. The highest BCUT2D eigenvalue weighted by atomic mass is 127. The van der Waals surface area contributed by atoms with Crippen LogP contribution in [-0.4, -0.2) is 0 Å². The Labute approximate surface area is 152 Å². The van der Waals surface area contributed by atoms with E-state index in [9.17, 15) is 0 Å². The minimum absolute atomic E-state index is 1.24. The fourth-order valence-electron chi connectivity index (χ4n) is 3.02. The van der Waals surface area contributed by atoms with Crippen LogP contribution in [0.3, 0.4) is 0 Å². The van der Waals surface area contributed by atoms with Gasteiger partial charge < -0.3 is 0 Å². The highest BCUT2D eigenvalue weighted by molar-refractivity contribution is 14.1. The minimum atomic E-state index is 1.24. The van der Waals surface area contributed by atoms with Crippen LogP contribution < -0.4 is 0 Å². The highest BCUT2D eigenvalue weighted by Crippen LogP contribution is 2.34. The van der Waals surface area contributed by atoms with Crippen LogP contribution in [0.2, 0.25) is 0 Å². The van der Waals surface area contributed by atoms with Crippen LogP contribution in [0.5, 0.6) is 0 Å². The summed E-state index contributed by atoms with van der Waals surface area (Å²) in [5.74, 6) is 0. The topological polar surface area (TPSA) is 0 Å².